The Balaban J connectivity index is 1.33. The van der Waals surface area contributed by atoms with Crippen molar-refractivity contribution in [1.82, 2.24) is 14.5 Å². The number of aromatic nitrogens is 2. The number of fused-ring (bicyclic) bond motifs is 1. The fraction of sp³-hybridized carbons (Fsp3) is 0.391. The van der Waals surface area contributed by atoms with Crippen molar-refractivity contribution in [2.45, 2.75) is 44.8 Å². The third kappa shape index (κ3) is 3.94. The minimum absolute atomic E-state index is 0.0854. The Morgan fingerprint density at radius 1 is 1.21 bits per heavy atom. The van der Waals surface area contributed by atoms with Gasteiger partial charge >= 0.3 is 0 Å². The maximum absolute atomic E-state index is 12.6. The zero-order valence-electron chi connectivity index (χ0n) is 16.3. The van der Waals surface area contributed by atoms with Gasteiger partial charge in [-0.1, -0.05) is 42.5 Å². The highest BCUT2D eigenvalue weighted by atomic mass is 16.3. The standard InChI is InChI=1S/C23H27N3O2/c1-17-24-11-14-25(17)12-4-7-23(28)26-13-10-21(22(27)16-26)20-9-8-18-5-2-3-6-19(18)15-20/h2-3,5-6,8-9,11,14-15,21-22,27H,4,7,10,12-13,16H2,1H3/t21-,22+/m0/s1. The minimum atomic E-state index is -0.519. The van der Waals surface area contributed by atoms with E-state index in [1.165, 1.54) is 10.8 Å². The first-order valence-electron chi connectivity index (χ1n) is 10.0. The second-order valence-electron chi connectivity index (χ2n) is 7.68. The average molecular weight is 377 g/mol. The largest absolute Gasteiger partial charge is 0.391 e. The van der Waals surface area contributed by atoms with E-state index in [9.17, 15) is 9.90 Å². The molecule has 1 aliphatic rings. The summed E-state index contributed by atoms with van der Waals surface area (Å²) >= 11 is 0. The molecule has 1 aliphatic heterocycles. The van der Waals surface area contributed by atoms with E-state index in [4.69, 9.17) is 0 Å². The molecule has 3 aromatic rings. The molecular formula is C23H27N3O2. The molecule has 5 nitrogen and oxygen atoms in total. The van der Waals surface area contributed by atoms with Gasteiger partial charge < -0.3 is 14.6 Å². The van der Waals surface area contributed by atoms with Gasteiger partial charge in [-0.3, -0.25) is 4.79 Å². The maximum atomic E-state index is 12.6. The lowest BCUT2D eigenvalue weighted by molar-refractivity contribution is -0.134. The number of rotatable bonds is 5. The van der Waals surface area contributed by atoms with Crippen LogP contribution in [0.2, 0.25) is 0 Å². The van der Waals surface area contributed by atoms with E-state index in [0.29, 0.717) is 19.5 Å². The van der Waals surface area contributed by atoms with E-state index >= 15 is 0 Å². The number of amides is 1. The van der Waals surface area contributed by atoms with Gasteiger partial charge in [-0.25, -0.2) is 4.98 Å². The number of benzene rings is 2. The molecule has 0 unspecified atom stereocenters. The van der Waals surface area contributed by atoms with Crippen LogP contribution in [-0.2, 0) is 11.3 Å². The molecule has 0 aliphatic carbocycles. The predicted molar refractivity (Wildman–Crippen MR) is 110 cm³/mol. The lowest BCUT2D eigenvalue weighted by Crippen LogP contribution is -2.45. The van der Waals surface area contributed by atoms with Gasteiger partial charge in [0.05, 0.1) is 6.10 Å². The predicted octanol–water partition coefficient (Wildman–Crippen LogP) is 3.50. The Morgan fingerprint density at radius 3 is 2.79 bits per heavy atom. The number of hydrogen-bond donors (Lipinski definition) is 1. The first kappa shape index (κ1) is 18.7. The molecule has 0 spiro atoms. The van der Waals surface area contributed by atoms with Crippen LogP contribution in [0.5, 0.6) is 0 Å². The van der Waals surface area contributed by atoms with Gasteiger partial charge in [0, 0.05) is 44.4 Å². The number of β-amino-alcohol motifs (C(OH)–C–C–N with tert-alkyl or cyclic N) is 1. The highest BCUT2D eigenvalue weighted by molar-refractivity contribution is 5.83. The zero-order chi connectivity index (χ0) is 19.5. The summed E-state index contributed by atoms with van der Waals surface area (Å²) in [4.78, 5) is 18.6. The molecule has 0 saturated carbocycles. The molecule has 0 bridgehead atoms. The maximum Gasteiger partial charge on any atom is 0.222 e. The number of aliphatic hydroxyl groups excluding tert-OH is 1. The summed E-state index contributed by atoms with van der Waals surface area (Å²) in [6, 6.07) is 14.7. The third-order valence-corrected chi connectivity index (χ3v) is 5.85. The van der Waals surface area contributed by atoms with Crippen LogP contribution in [0.3, 0.4) is 0 Å². The van der Waals surface area contributed by atoms with Crippen LogP contribution in [0.4, 0.5) is 0 Å². The molecule has 0 radical (unpaired) electrons. The summed E-state index contributed by atoms with van der Waals surface area (Å²) in [6.45, 7) is 3.89. The number of likely N-dealkylation sites (tertiary alicyclic amines) is 1. The Labute approximate surface area is 165 Å². The highest BCUT2D eigenvalue weighted by Crippen LogP contribution is 2.31. The average Bonchev–Trinajstić information content (AvgIpc) is 3.12. The van der Waals surface area contributed by atoms with E-state index in [1.54, 1.807) is 6.20 Å². The molecule has 146 valence electrons. The smallest absolute Gasteiger partial charge is 0.222 e. The quantitative estimate of drug-likeness (QED) is 0.740. The van der Waals surface area contributed by atoms with E-state index < -0.39 is 6.10 Å². The fourth-order valence-corrected chi connectivity index (χ4v) is 4.18. The lowest BCUT2D eigenvalue weighted by Gasteiger charge is -2.36. The summed E-state index contributed by atoms with van der Waals surface area (Å²) in [5.41, 5.74) is 1.16. The summed E-state index contributed by atoms with van der Waals surface area (Å²) in [5.74, 6) is 1.19. The molecule has 1 saturated heterocycles. The SMILES string of the molecule is Cc1nccn1CCCC(=O)N1CC[C@@H](c2ccc3ccccc3c2)[C@H](O)C1. The first-order valence-corrected chi connectivity index (χ1v) is 10.0. The molecule has 1 N–H and O–H groups in total. The Hall–Kier alpha value is -2.66. The van der Waals surface area contributed by atoms with E-state index in [-0.39, 0.29) is 11.8 Å². The molecule has 2 heterocycles. The Kier molecular flexibility index (Phi) is 5.44. The van der Waals surface area contributed by atoms with Crippen molar-refractivity contribution in [3.05, 3.63) is 66.2 Å². The summed E-state index contributed by atoms with van der Waals surface area (Å²) in [5, 5.41) is 13.1. The van der Waals surface area contributed by atoms with Crippen LogP contribution < -0.4 is 0 Å². The van der Waals surface area contributed by atoms with Crippen LogP contribution in [0.15, 0.2) is 54.9 Å². The van der Waals surface area contributed by atoms with E-state index in [2.05, 4.69) is 39.9 Å². The van der Waals surface area contributed by atoms with Gasteiger partial charge in [0.15, 0.2) is 0 Å². The van der Waals surface area contributed by atoms with Crippen molar-refractivity contribution in [3.8, 4) is 0 Å². The summed E-state index contributed by atoms with van der Waals surface area (Å²) < 4.78 is 2.06. The summed E-state index contributed by atoms with van der Waals surface area (Å²) in [6.07, 6.45) is 5.30. The lowest BCUT2D eigenvalue weighted by atomic mass is 9.86. The third-order valence-electron chi connectivity index (χ3n) is 5.85. The molecule has 28 heavy (non-hydrogen) atoms. The molecule has 1 aromatic heterocycles. The number of aryl methyl sites for hydroxylation is 2. The van der Waals surface area contributed by atoms with Crippen LogP contribution in [0.1, 0.15) is 36.6 Å². The van der Waals surface area contributed by atoms with Crippen LogP contribution in [0.25, 0.3) is 10.8 Å². The van der Waals surface area contributed by atoms with Crippen molar-refractivity contribution in [1.29, 1.82) is 0 Å². The van der Waals surface area contributed by atoms with Gasteiger partial charge in [0.1, 0.15) is 5.82 Å². The Morgan fingerprint density at radius 2 is 2.04 bits per heavy atom. The number of hydrogen-bond acceptors (Lipinski definition) is 3. The molecule has 5 heteroatoms. The molecule has 4 rings (SSSR count). The molecule has 1 fully saturated rings. The first-order chi connectivity index (χ1) is 13.6. The van der Waals surface area contributed by atoms with Crippen molar-refractivity contribution in [2.75, 3.05) is 13.1 Å². The summed E-state index contributed by atoms with van der Waals surface area (Å²) in [7, 11) is 0. The van der Waals surface area contributed by atoms with E-state index in [0.717, 1.165) is 30.8 Å². The second kappa shape index (κ2) is 8.15. The van der Waals surface area contributed by atoms with Gasteiger partial charge in [0.25, 0.3) is 0 Å². The number of imidazole rings is 1. The number of carbonyl (C=O) groups excluding carboxylic acids is 1. The van der Waals surface area contributed by atoms with Gasteiger partial charge in [-0.2, -0.15) is 0 Å². The van der Waals surface area contributed by atoms with Crippen molar-refractivity contribution >= 4 is 16.7 Å². The monoisotopic (exact) mass is 377 g/mol. The van der Waals surface area contributed by atoms with Gasteiger partial charge in [0.2, 0.25) is 5.91 Å². The van der Waals surface area contributed by atoms with Gasteiger partial charge in [-0.15, -0.1) is 0 Å². The van der Waals surface area contributed by atoms with Gasteiger partial charge in [-0.05, 0) is 36.1 Å². The van der Waals surface area contributed by atoms with Crippen molar-refractivity contribution in [3.63, 3.8) is 0 Å². The van der Waals surface area contributed by atoms with Crippen LogP contribution >= 0.6 is 0 Å². The molecule has 2 aromatic carbocycles. The van der Waals surface area contributed by atoms with E-state index in [1.807, 2.05) is 30.2 Å². The normalized spacial score (nSPS) is 19.9. The van der Waals surface area contributed by atoms with Crippen LogP contribution in [0, 0.1) is 6.92 Å². The fourth-order valence-electron chi connectivity index (χ4n) is 4.18. The molecular weight excluding hydrogens is 350 g/mol. The minimum Gasteiger partial charge on any atom is -0.391 e. The second-order valence-corrected chi connectivity index (χ2v) is 7.68. The number of aliphatic hydroxyl groups is 1. The zero-order valence-corrected chi connectivity index (χ0v) is 16.3. The Bertz CT molecular complexity index is 965. The van der Waals surface area contributed by atoms with Crippen LogP contribution in [-0.4, -0.2) is 44.7 Å². The number of piperidine rings is 1. The van der Waals surface area contributed by atoms with Crippen molar-refractivity contribution in [2.24, 2.45) is 0 Å². The van der Waals surface area contributed by atoms with Crippen molar-refractivity contribution < 1.29 is 9.90 Å². The highest BCUT2D eigenvalue weighted by Gasteiger charge is 2.30. The molecule has 1 amide bonds. The topological polar surface area (TPSA) is 58.4 Å². The molecule has 2 atom stereocenters. The number of nitrogens with zero attached hydrogens (tertiary/aromatic N) is 3. The number of carbonyl (C=O) groups is 1.